The van der Waals surface area contributed by atoms with Crippen LogP contribution in [0.1, 0.15) is 27.2 Å². The molecule has 3 aromatic carbocycles. The highest BCUT2D eigenvalue weighted by Crippen LogP contribution is 2.25. The lowest BCUT2D eigenvalue weighted by atomic mass is 10.1. The standard InChI is InChI=1S/C25H18FN5O/c1-16-15-22(31(30-16)19-7-3-2-4-8-19)27-23-20-9-5-6-10-21(20)24(28-23)29-25(32)17-11-13-18(26)14-12-17/h2-15H,1H3,(H,27,28,29,32). The minimum absolute atomic E-state index is 0.342. The molecule has 0 radical (unpaired) electrons. The Labute approximate surface area is 183 Å². The molecule has 0 atom stereocenters. The number of nitrogens with zero attached hydrogens (tertiary/aromatic N) is 4. The van der Waals surface area contributed by atoms with Crippen molar-refractivity contribution in [2.24, 2.45) is 9.98 Å². The van der Waals surface area contributed by atoms with Crippen LogP contribution in [0.25, 0.3) is 5.69 Å². The molecule has 156 valence electrons. The van der Waals surface area contributed by atoms with Gasteiger partial charge in [-0.1, -0.05) is 42.5 Å². The molecule has 7 heteroatoms. The third-order valence-corrected chi connectivity index (χ3v) is 5.01. The fraction of sp³-hybridized carbons (Fsp3) is 0.0400. The lowest BCUT2D eigenvalue weighted by Crippen LogP contribution is -2.30. The largest absolute Gasteiger partial charge is 0.306 e. The molecule has 0 fully saturated rings. The fourth-order valence-corrected chi connectivity index (χ4v) is 3.51. The van der Waals surface area contributed by atoms with Crippen molar-refractivity contribution in [3.63, 3.8) is 0 Å². The number of benzene rings is 3. The van der Waals surface area contributed by atoms with Crippen LogP contribution in [0.4, 0.5) is 10.2 Å². The fourth-order valence-electron chi connectivity index (χ4n) is 3.51. The molecule has 0 saturated heterocycles. The zero-order valence-electron chi connectivity index (χ0n) is 17.2. The van der Waals surface area contributed by atoms with Gasteiger partial charge in [0.15, 0.2) is 11.7 Å². The number of carbonyl (C=O) groups is 1. The third kappa shape index (κ3) is 3.72. The van der Waals surface area contributed by atoms with Crippen LogP contribution >= 0.6 is 0 Å². The van der Waals surface area contributed by atoms with Gasteiger partial charge in [0.05, 0.1) is 11.4 Å². The van der Waals surface area contributed by atoms with Crippen LogP contribution in [0.15, 0.2) is 94.9 Å². The summed E-state index contributed by atoms with van der Waals surface area (Å²) in [6.07, 6.45) is 0. The van der Waals surface area contributed by atoms with Gasteiger partial charge in [-0.25, -0.2) is 19.1 Å². The van der Waals surface area contributed by atoms with E-state index in [4.69, 9.17) is 4.99 Å². The number of nitrogens with one attached hydrogen (secondary N) is 1. The molecule has 1 amide bonds. The second-order valence-electron chi connectivity index (χ2n) is 7.29. The first-order valence-corrected chi connectivity index (χ1v) is 10.0. The average molecular weight is 423 g/mol. The molecule has 0 aliphatic carbocycles. The molecule has 0 unspecified atom stereocenters. The molecule has 0 spiro atoms. The zero-order chi connectivity index (χ0) is 22.1. The number of hydrogen-bond donors (Lipinski definition) is 1. The van der Waals surface area contributed by atoms with Gasteiger partial charge in [0.25, 0.3) is 5.91 Å². The number of amidine groups is 2. The van der Waals surface area contributed by atoms with Gasteiger partial charge < -0.3 is 5.32 Å². The van der Waals surface area contributed by atoms with E-state index in [0.717, 1.165) is 22.5 Å². The van der Waals surface area contributed by atoms with Gasteiger partial charge >= 0.3 is 0 Å². The highest BCUT2D eigenvalue weighted by molar-refractivity contribution is 6.26. The summed E-state index contributed by atoms with van der Waals surface area (Å²) in [4.78, 5) is 22.0. The molecule has 32 heavy (non-hydrogen) atoms. The molecular weight excluding hydrogens is 405 g/mol. The van der Waals surface area contributed by atoms with Gasteiger partial charge in [-0.05, 0) is 43.3 Å². The SMILES string of the molecule is Cc1cc(/N=C2\N=C(NC(=O)c3ccc(F)cc3)c3ccccc32)n(-c2ccccc2)n1. The summed E-state index contributed by atoms with van der Waals surface area (Å²) >= 11 is 0. The van der Waals surface area contributed by atoms with E-state index in [1.54, 1.807) is 4.68 Å². The maximum absolute atomic E-state index is 13.2. The summed E-state index contributed by atoms with van der Waals surface area (Å²) in [5, 5.41) is 7.38. The number of hydrogen-bond acceptors (Lipinski definition) is 3. The highest BCUT2D eigenvalue weighted by atomic mass is 19.1. The number of para-hydroxylation sites is 1. The number of aromatic nitrogens is 2. The Kier molecular flexibility index (Phi) is 4.91. The van der Waals surface area contributed by atoms with Crippen molar-refractivity contribution in [1.29, 1.82) is 0 Å². The van der Waals surface area contributed by atoms with E-state index < -0.39 is 5.82 Å². The van der Waals surface area contributed by atoms with Gasteiger partial charge in [-0.15, -0.1) is 0 Å². The zero-order valence-corrected chi connectivity index (χ0v) is 17.2. The Balaban J connectivity index is 1.53. The maximum Gasteiger partial charge on any atom is 0.256 e. The number of aryl methyl sites for hydroxylation is 1. The van der Waals surface area contributed by atoms with Crippen molar-refractivity contribution in [2.75, 3.05) is 0 Å². The highest BCUT2D eigenvalue weighted by Gasteiger charge is 2.24. The maximum atomic E-state index is 13.2. The van der Waals surface area contributed by atoms with E-state index in [0.29, 0.717) is 23.1 Å². The van der Waals surface area contributed by atoms with Crippen molar-refractivity contribution in [2.45, 2.75) is 6.92 Å². The van der Waals surface area contributed by atoms with E-state index in [1.165, 1.54) is 24.3 Å². The number of fused-ring (bicyclic) bond motifs is 1. The average Bonchev–Trinajstić information content (AvgIpc) is 3.35. The Bertz CT molecular complexity index is 1370. The van der Waals surface area contributed by atoms with Crippen LogP contribution in [-0.4, -0.2) is 27.4 Å². The first-order chi connectivity index (χ1) is 15.6. The molecule has 4 aromatic rings. The van der Waals surface area contributed by atoms with Crippen LogP contribution in [0.2, 0.25) is 0 Å². The quantitative estimate of drug-likeness (QED) is 0.524. The van der Waals surface area contributed by atoms with Crippen molar-refractivity contribution in [3.8, 4) is 5.69 Å². The number of halogens is 1. The summed E-state index contributed by atoms with van der Waals surface area (Å²) in [6.45, 7) is 1.91. The normalized spacial score (nSPS) is 13.7. The van der Waals surface area contributed by atoms with Gasteiger partial charge in [-0.2, -0.15) is 5.10 Å². The minimum Gasteiger partial charge on any atom is -0.306 e. The minimum atomic E-state index is -0.398. The smallest absolute Gasteiger partial charge is 0.256 e. The summed E-state index contributed by atoms with van der Waals surface area (Å²) in [5.74, 6) is 0.742. The Morgan fingerprint density at radius 2 is 1.62 bits per heavy atom. The second kappa shape index (κ2) is 8.03. The monoisotopic (exact) mass is 423 g/mol. The van der Waals surface area contributed by atoms with E-state index in [9.17, 15) is 9.18 Å². The Morgan fingerprint density at radius 3 is 2.38 bits per heavy atom. The Hall–Kier alpha value is -4.39. The van der Waals surface area contributed by atoms with Crippen LogP contribution in [-0.2, 0) is 0 Å². The predicted octanol–water partition coefficient (Wildman–Crippen LogP) is 4.59. The van der Waals surface area contributed by atoms with Crippen LogP contribution in [0.3, 0.4) is 0 Å². The van der Waals surface area contributed by atoms with E-state index in [2.05, 4.69) is 15.4 Å². The molecule has 2 heterocycles. The lowest BCUT2D eigenvalue weighted by Gasteiger charge is -2.05. The second-order valence-corrected chi connectivity index (χ2v) is 7.29. The number of carbonyl (C=O) groups excluding carboxylic acids is 1. The molecule has 5 rings (SSSR count). The van der Waals surface area contributed by atoms with E-state index >= 15 is 0 Å². The summed E-state index contributed by atoms with van der Waals surface area (Å²) in [5.41, 5.74) is 3.63. The summed E-state index contributed by atoms with van der Waals surface area (Å²) < 4.78 is 14.9. The molecule has 1 N–H and O–H groups in total. The topological polar surface area (TPSA) is 71.6 Å². The first kappa shape index (κ1) is 19.6. The Morgan fingerprint density at radius 1 is 0.938 bits per heavy atom. The van der Waals surface area contributed by atoms with Gasteiger partial charge in [0, 0.05) is 22.8 Å². The third-order valence-electron chi connectivity index (χ3n) is 5.01. The van der Waals surface area contributed by atoms with Gasteiger partial charge in [-0.3, -0.25) is 4.79 Å². The van der Waals surface area contributed by atoms with Gasteiger partial charge in [0.2, 0.25) is 0 Å². The van der Waals surface area contributed by atoms with Gasteiger partial charge in [0.1, 0.15) is 11.7 Å². The number of rotatable bonds is 3. The summed E-state index contributed by atoms with van der Waals surface area (Å²) in [7, 11) is 0. The molecule has 1 aromatic heterocycles. The van der Waals surface area contributed by atoms with Crippen LogP contribution in [0, 0.1) is 12.7 Å². The number of amides is 1. The molecule has 0 bridgehead atoms. The molecule has 1 aliphatic heterocycles. The van der Waals surface area contributed by atoms with Crippen molar-refractivity contribution < 1.29 is 9.18 Å². The van der Waals surface area contributed by atoms with Crippen molar-refractivity contribution in [1.82, 2.24) is 15.1 Å². The first-order valence-electron chi connectivity index (χ1n) is 10.0. The van der Waals surface area contributed by atoms with Crippen molar-refractivity contribution in [3.05, 3.63) is 113 Å². The molecule has 6 nitrogen and oxygen atoms in total. The molecular formula is C25H18FN5O. The molecule has 0 saturated carbocycles. The molecule has 1 aliphatic rings. The van der Waals surface area contributed by atoms with Crippen LogP contribution in [0.5, 0.6) is 0 Å². The number of aliphatic imine (C=N–C) groups is 2. The van der Waals surface area contributed by atoms with Crippen molar-refractivity contribution >= 4 is 23.4 Å². The van der Waals surface area contributed by atoms with E-state index in [1.807, 2.05) is 67.6 Å². The summed E-state index contributed by atoms with van der Waals surface area (Å²) in [6, 6.07) is 24.5. The van der Waals surface area contributed by atoms with Crippen LogP contribution < -0.4 is 5.32 Å². The predicted molar refractivity (Wildman–Crippen MR) is 121 cm³/mol. The van der Waals surface area contributed by atoms with E-state index in [-0.39, 0.29) is 5.91 Å². The lowest BCUT2D eigenvalue weighted by molar-refractivity contribution is 0.0977.